The largest absolute Gasteiger partial charge is 0.497 e. The monoisotopic (exact) mass is 312 g/mol. The maximum Gasteiger partial charge on any atom is 0.251 e. The van der Waals surface area contributed by atoms with Crippen LogP contribution in [0.3, 0.4) is 0 Å². The molecule has 1 aromatic heterocycles. The first-order chi connectivity index (χ1) is 8.10. The van der Waals surface area contributed by atoms with E-state index in [1.165, 1.54) is 6.07 Å². The van der Waals surface area contributed by atoms with Gasteiger partial charge in [-0.15, -0.1) is 0 Å². The summed E-state index contributed by atoms with van der Waals surface area (Å²) in [6, 6.07) is 6.98. The van der Waals surface area contributed by atoms with E-state index in [9.17, 15) is 4.79 Å². The number of methoxy groups -OCH3 is 1. The first-order valence-electron chi connectivity index (χ1n) is 4.77. The van der Waals surface area contributed by atoms with Crippen molar-refractivity contribution in [1.29, 1.82) is 0 Å². The molecule has 6 heteroatoms. The van der Waals surface area contributed by atoms with Gasteiger partial charge >= 0.3 is 0 Å². The summed E-state index contributed by atoms with van der Waals surface area (Å²) in [7, 11) is 1.59. The zero-order valence-corrected chi connectivity index (χ0v) is 11.3. The molecule has 0 fully saturated rings. The summed E-state index contributed by atoms with van der Waals surface area (Å²) in [5.74, 6) is 0.711. The lowest BCUT2D eigenvalue weighted by molar-refractivity contribution is 0.414. The molecular formula is C11H9BrN2O2S. The molecule has 17 heavy (non-hydrogen) atoms. The van der Waals surface area contributed by atoms with Crippen molar-refractivity contribution in [3.8, 4) is 11.4 Å². The fourth-order valence-electron chi connectivity index (χ4n) is 1.43. The fraction of sp³-hybridized carbons (Fsp3) is 0.0909. The molecule has 2 aromatic rings. The molecule has 1 heterocycles. The van der Waals surface area contributed by atoms with Crippen LogP contribution in [0.15, 0.2) is 39.7 Å². The maximum atomic E-state index is 11.1. The number of hydrogen-bond donors (Lipinski definition) is 1. The smallest absolute Gasteiger partial charge is 0.251 e. The minimum atomic E-state index is -0.215. The number of rotatable bonds is 2. The van der Waals surface area contributed by atoms with Crippen molar-refractivity contribution >= 4 is 28.1 Å². The third kappa shape index (κ3) is 2.65. The lowest BCUT2D eigenvalue weighted by atomic mass is 10.3. The molecule has 2 rings (SSSR count). The molecule has 0 radical (unpaired) electrons. The molecule has 0 saturated heterocycles. The number of aromatic amines is 1. The normalized spacial score (nSPS) is 10.2. The van der Waals surface area contributed by atoms with Crippen molar-refractivity contribution in [2.75, 3.05) is 7.11 Å². The van der Waals surface area contributed by atoms with E-state index >= 15 is 0 Å². The lowest BCUT2D eigenvalue weighted by Gasteiger charge is -2.09. The van der Waals surface area contributed by atoms with Gasteiger partial charge < -0.3 is 4.74 Å². The second kappa shape index (κ2) is 4.85. The molecular weight excluding hydrogens is 304 g/mol. The van der Waals surface area contributed by atoms with Crippen LogP contribution in [0, 0.1) is 4.77 Å². The van der Waals surface area contributed by atoms with Gasteiger partial charge in [-0.1, -0.05) is 15.9 Å². The van der Waals surface area contributed by atoms with Gasteiger partial charge in [0.15, 0.2) is 4.77 Å². The molecule has 0 unspecified atom stereocenters. The Hall–Kier alpha value is -1.40. The van der Waals surface area contributed by atoms with Crippen LogP contribution in [-0.4, -0.2) is 16.7 Å². The Morgan fingerprint density at radius 1 is 1.41 bits per heavy atom. The van der Waals surface area contributed by atoms with E-state index in [1.54, 1.807) is 17.9 Å². The number of nitrogens with one attached hydrogen (secondary N) is 1. The Kier molecular flexibility index (Phi) is 3.44. The Balaban J connectivity index is 2.64. The average molecular weight is 313 g/mol. The van der Waals surface area contributed by atoms with Gasteiger partial charge in [0.05, 0.1) is 12.8 Å². The van der Waals surface area contributed by atoms with Crippen molar-refractivity contribution in [3.63, 3.8) is 0 Å². The summed E-state index contributed by atoms with van der Waals surface area (Å²) >= 11 is 8.49. The summed E-state index contributed by atoms with van der Waals surface area (Å²) in [6.45, 7) is 0. The molecule has 0 spiro atoms. The minimum Gasteiger partial charge on any atom is -0.497 e. The summed E-state index contributed by atoms with van der Waals surface area (Å²) in [5, 5.41) is 0. The highest BCUT2D eigenvalue weighted by Crippen LogP contribution is 2.23. The van der Waals surface area contributed by atoms with Crippen LogP contribution in [0.1, 0.15) is 0 Å². The van der Waals surface area contributed by atoms with Crippen LogP contribution < -0.4 is 10.3 Å². The van der Waals surface area contributed by atoms with Gasteiger partial charge in [-0.3, -0.25) is 14.3 Å². The van der Waals surface area contributed by atoms with Crippen LogP contribution >= 0.6 is 28.1 Å². The third-order valence-electron chi connectivity index (χ3n) is 2.19. The zero-order chi connectivity index (χ0) is 12.4. The number of ether oxygens (including phenoxy) is 1. The third-order valence-corrected chi connectivity index (χ3v) is 2.95. The van der Waals surface area contributed by atoms with Crippen LogP contribution in [0.25, 0.3) is 5.69 Å². The van der Waals surface area contributed by atoms with E-state index in [2.05, 4.69) is 20.9 Å². The molecule has 0 amide bonds. The molecule has 0 aliphatic heterocycles. The molecule has 4 nitrogen and oxygen atoms in total. The Morgan fingerprint density at radius 3 is 2.82 bits per heavy atom. The number of hydrogen-bond acceptors (Lipinski definition) is 3. The first-order valence-corrected chi connectivity index (χ1v) is 5.97. The van der Waals surface area contributed by atoms with E-state index in [1.807, 2.05) is 18.2 Å². The molecule has 0 aliphatic carbocycles. The van der Waals surface area contributed by atoms with Crippen LogP contribution in [-0.2, 0) is 0 Å². The van der Waals surface area contributed by atoms with Crippen molar-refractivity contribution in [2.45, 2.75) is 0 Å². The molecule has 0 atom stereocenters. The standard InChI is InChI=1S/C11H9BrN2O2S/c1-16-9-5-7(12)4-8(6-9)14-3-2-10(15)13-11(14)17/h2-6H,1H3,(H,13,15,17). The highest BCUT2D eigenvalue weighted by molar-refractivity contribution is 9.10. The minimum absolute atomic E-state index is 0.215. The molecule has 88 valence electrons. The van der Waals surface area contributed by atoms with Crippen molar-refractivity contribution < 1.29 is 4.74 Å². The van der Waals surface area contributed by atoms with E-state index in [4.69, 9.17) is 17.0 Å². The van der Waals surface area contributed by atoms with Crippen LogP contribution in [0.4, 0.5) is 0 Å². The van der Waals surface area contributed by atoms with Gasteiger partial charge in [0.1, 0.15) is 5.75 Å². The summed E-state index contributed by atoms with van der Waals surface area (Å²) in [6.07, 6.45) is 1.63. The molecule has 0 bridgehead atoms. The molecule has 1 aromatic carbocycles. The summed E-state index contributed by atoms with van der Waals surface area (Å²) in [4.78, 5) is 13.7. The second-order valence-corrected chi connectivity index (χ2v) is 4.63. The topological polar surface area (TPSA) is 47.0 Å². The average Bonchev–Trinajstić information content (AvgIpc) is 2.28. The van der Waals surface area contributed by atoms with E-state index in [-0.39, 0.29) is 5.56 Å². The number of benzene rings is 1. The van der Waals surface area contributed by atoms with Gasteiger partial charge in [-0.25, -0.2) is 0 Å². The number of halogens is 1. The van der Waals surface area contributed by atoms with E-state index in [0.717, 1.165) is 10.2 Å². The van der Waals surface area contributed by atoms with Crippen molar-refractivity contribution in [1.82, 2.24) is 9.55 Å². The molecule has 1 N–H and O–H groups in total. The second-order valence-electron chi connectivity index (χ2n) is 3.33. The first kappa shape index (κ1) is 12.1. The molecule has 0 saturated carbocycles. The Morgan fingerprint density at radius 2 is 2.18 bits per heavy atom. The van der Waals surface area contributed by atoms with Gasteiger partial charge in [-0.05, 0) is 24.4 Å². The van der Waals surface area contributed by atoms with Gasteiger partial charge in [0.25, 0.3) is 5.56 Å². The van der Waals surface area contributed by atoms with E-state index in [0.29, 0.717) is 10.5 Å². The van der Waals surface area contributed by atoms with Crippen molar-refractivity contribution in [2.24, 2.45) is 0 Å². The highest BCUT2D eigenvalue weighted by atomic mass is 79.9. The lowest BCUT2D eigenvalue weighted by Crippen LogP contribution is -2.09. The Bertz CT molecular complexity index is 663. The van der Waals surface area contributed by atoms with Crippen molar-refractivity contribution in [3.05, 3.63) is 50.1 Å². The zero-order valence-electron chi connectivity index (χ0n) is 8.94. The predicted octanol–water partition coefficient (Wildman–Crippen LogP) is 2.67. The molecule has 0 aliphatic rings. The van der Waals surface area contributed by atoms with Gasteiger partial charge in [-0.2, -0.15) is 0 Å². The Labute approximate surface area is 111 Å². The maximum absolute atomic E-state index is 11.1. The number of aromatic nitrogens is 2. The highest BCUT2D eigenvalue weighted by Gasteiger charge is 2.02. The summed E-state index contributed by atoms with van der Waals surface area (Å²) < 4.78 is 8.09. The number of H-pyrrole nitrogens is 1. The SMILES string of the molecule is COc1cc(Br)cc(-n2ccc(=O)[nH]c2=S)c1. The quantitative estimate of drug-likeness (QED) is 0.867. The van der Waals surface area contributed by atoms with Gasteiger partial charge in [0.2, 0.25) is 0 Å². The summed E-state index contributed by atoms with van der Waals surface area (Å²) in [5.41, 5.74) is 0.602. The van der Waals surface area contributed by atoms with Crippen LogP contribution in [0.2, 0.25) is 0 Å². The number of nitrogens with zero attached hydrogens (tertiary/aromatic N) is 1. The fourth-order valence-corrected chi connectivity index (χ4v) is 2.15. The predicted molar refractivity (Wildman–Crippen MR) is 71.5 cm³/mol. The van der Waals surface area contributed by atoms with E-state index < -0.39 is 0 Å². The van der Waals surface area contributed by atoms with Gasteiger partial charge in [0, 0.05) is 22.8 Å². The van der Waals surface area contributed by atoms with Crippen LogP contribution in [0.5, 0.6) is 5.75 Å².